The molecule has 1 aromatic carbocycles. The molecular formula is C14H17ClF3NS. The van der Waals surface area contributed by atoms with Crippen LogP contribution in [0.25, 0.3) is 0 Å². The monoisotopic (exact) mass is 323 g/mol. The minimum atomic E-state index is -4.36. The Morgan fingerprint density at radius 3 is 2.65 bits per heavy atom. The van der Waals surface area contributed by atoms with Crippen LogP contribution in [-0.4, -0.2) is 23.6 Å². The molecule has 1 nitrogen and oxygen atoms in total. The number of halogens is 4. The molecule has 1 saturated heterocycles. The first kappa shape index (κ1) is 15.8. The number of benzene rings is 1. The van der Waals surface area contributed by atoms with Crippen LogP contribution >= 0.6 is 23.4 Å². The van der Waals surface area contributed by atoms with Crippen molar-refractivity contribution < 1.29 is 13.2 Å². The molecule has 2 rings (SSSR count). The van der Waals surface area contributed by atoms with Gasteiger partial charge in [0, 0.05) is 35.2 Å². The molecule has 6 heteroatoms. The van der Waals surface area contributed by atoms with E-state index in [-0.39, 0.29) is 17.5 Å². The van der Waals surface area contributed by atoms with Gasteiger partial charge in [-0.25, -0.2) is 0 Å². The van der Waals surface area contributed by atoms with E-state index in [1.165, 1.54) is 12.1 Å². The van der Waals surface area contributed by atoms with E-state index in [0.717, 1.165) is 12.3 Å². The maximum Gasteiger partial charge on any atom is 0.416 e. The standard InChI is InChI=1S/C14H17ClF3NS/c1-9-10(2)20-6-5-19(9)12-4-3-11(8-15)13(7-12)14(16,17)18/h3-4,7,9-10H,5-6,8H2,1-2H3. The van der Waals surface area contributed by atoms with Gasteiger partial charge in [-0.05, 0) is 24.6 Å². The zero-order valence-electron chi connectivity index (χ0n) is 11.4. The van der Waals surface area contributed by atoms with Crippen molar-refractivity contribution in [2.45, 2.75) is 37.2 Å². The second-order valence-corrected chi connectivity index (χ2v) is 6.74. The number of hydrogen-bond donors (Lipinski definition) is 0. The van der Waals surface area contributed by atoms with Crippen molar-refractivity contribution in [1.29, 1.82) is 0 Å². The molecule has 112 valence electrons. The summed E-state index contributed by atoms with van der Waals surface area (Å²) in [6, 6.07) is 4.68. The number of rotatable bonds is 2. The summed E-state index contributed by atoms with van der Waals surface area (Å²) in [7, 11) is 0. The fraction of sp³-hybridized carbons (Fsp3) is 0.571. The van der Waals surface area contributed by atoms with Crippen molar-refractivity contribution in [3.8, 4) is 0 Å². The molecule has 2 unspecified atom stereocenters. The van der Waals surface area contributed by atoms with Crippen LogP contribution in [0.5, 0.6) is 0 Å². The van der Waals surface area contributed by atoms with Crippen molar-refractivity contribution in [1.82, 2.24) is 0 Å². The van der Waals surface area contributed by atoms with Gasteiger partial charge in [-0.15, -0.1) is 11.6 Å². The van der Waals surface area contributed by atoms with Gasteiger partial charge in [0.2, 0.25) is 0 Å². The van der Waals surface area contributed by atoms with E-state index in [1.54, 1.807) is 6.07 Å². The number of nitrogens with zero attached hydrogens (tertiary/aromatic N) is 1. The van der Waals surface area contributed by atoms with Crippen LogP contribution in [0.1, 0.15) is 25.0 Å². The van der Waals surface area contributed by atoms with E-state index in [4.69, 9.17) is 11.6 Å². The van der Waals surface area contributed by atoms with Gasteiger partial charge in [0.25, 0.3) is 0 Å². The Balaban J connectivity index is 2.38. The highest BCUT2D eigenvalue weighted by atomic mass is 35.5. The molecule has 1 aromatic rings. The Bertz CT molecular complexity index is 478. The zero-order valence-corrected chi connectivity index (χ0v) is 12.9. The number of thioether (sulfide) groups is 1. The predicted octanol–water partition coefficient (Wildman–Crippen LogP) is 4.77. The van der Waals surface area contributed by atoms with E-state index in [2.05, 4.69) is 18.7 Å². The highest BCUT2D eigenvalue weighted by Gasteiger charge is 2.34. The number of anilines is 1. The lowest BCUT2D eigenvalue weighted by atomic mass is 10.1. The molecule has 1 fully saturated rings. The molecule has 1 heterocycles. The lowest BCUT2D eigenvalue weighted by Gasteiger charge is -2.39. The Labute approximate surface area is 126 Å². The normalized spacial score (nSPS) is 24.0. The molecule has 0 aliphatic carbocycles. The summed E-state index contributed by atoms with van der Waals surface area (Å²) in [6.45, 7) is 4.94. The van der Waals surface area contributed by atoms with Crippen LogP contribution in [-0.2, 0) is 12.1 Å². The third kappa shape index (κ3) is 3.19. The fourth-order valence-electron chi connectivity index (χ4n) is 2.42. The molecule has 0 aromatic heterocycles. The molecule has 2 atom stereocenters. The SMILES string of the molecule is CC1SCCN(c2ccc(CCl)c(C(F)(F)F)c2)C1C. The topological polar surface area (TPSA) is 3.24 Å². The molecule has 0 radical (unpaired) electrons. The Hall–Kier alpha value is -0.550. The highest BCUT2D eigenvalue weighted by molar-refractivity contribution is 8.00. The largest absolute Gasteiger partial charge is 0.416 e. The number of hydrogen-bond acceptors (Lipinski definition) is 2. The molecule has 1 aliphatic rings. The molecule has 0 spiro atoms. The first-order chi connectivity index (χ1) is 9.34. The molecule has 0 bridgehead atoms. The Kier molecular flexibility index (Phi) is 4.80. The maximum atomic E-state index is 13.1. The molecule has 0 saturated carbocycles. The van der Waals surface area contributed by atoms with Crippen molar-refractivity contribution >= 4 is 29.1 Å². The van der Waals surface area contributed by atoms with Gasteiger partial charge in [-0.1, -0.05) is 13.0 Å². The van der Waals surface area contributed by atoms with Gasteiger partial charge in [0.1, 0.15) is 0 Å². The van der Waals surface area contributed by atoms with E-state index >= 15 is 0 Å². The van der Waals surface area contributed by atoms with Gasteiger partial charge in [0.15, 0.2) is 0 Å². The molecule has 0 N–H and O–H groups in total. The highest BCUT2D eigenvalue weighted by Crippen LogP contribution is 2.37. The van der Waals surface area contributed by atoms with Gasteiger partial charge >= 0.3 is 6.18 Å². The van der Waals surface area contributed by atoms with Crippen molar-refractivity contribution in [3.63, 3.8) is 0 Å². The van der Waals surface area contributed by atoms with Crippen LogP contribution in [0.15, 0.2) is 18.2 Å². The Morgan fingerprint density at radius 2 is 2.05 bits per heavy atom. The van der Waals surface area contributed by atoms with Gasteiger partial charge in [0.05, 0.1) is 5.56 Å². The first-order valence-corrected chi connectivity index (χ1v) is 8.07. The lowest BCUT2D eigenvalue weighted by Crippen LogP contribution is -2.44. The molecule has 1 aliphatic heterocycles. The van der Waals surface area contributed by atoms with Gasteiger partial charge < -0.3 is 4.90 Å². The van der Waals surface area contributed by atoms with Crippen LogP contribution in [0.3, 0.4) is 0 Å². The van der Waals surface area contributed by atoms with Crippen molar-refractivity contribution in [2.75, 3.05) is 17.2 Å². The van der Waals surface area contributed by atoms with Crippen LogP contribution in [0, 0.1) is 0 Å². The summed E-state index contributed by atoms with van der Waals surface area (Å²) < 4.78 is 39.2. The molecular weight excluding hydrogens is 307 g/mol. The predicted molar refractivity (Wildman–Crippen MR) is 79.7 cm³/mol. The lowest BCUT2D eigenvalue weighted by molar-refractivity contribution is -0.138. The quantitative estimate of drug-likeness (QED) is 0.721. The van der Waals surface area contributed by atoms with E-state index in [0.29, 0.717) is 10.9 Å². The average Bonchev–Trinajstić information content (AvgIpc) is 2.40. The summed E-state index contributed by atoms with van der Waals surface area (Å²) in [5.41, 5.74) is 0.143. The molecule has 0 amide bonds. The second-order valence-electron chi connectivity index (χ2n) is 4.98. The summed E-state index contributed by atoms with van der Waals surface area (Å²) >= 11 is 7.47. The van der Waals surface area contributed by atoms with Crippen molar-refractivity contribution in [2.24, 2.45) is 0 Å². The van der Waals surface area contributed by atoms with Crippen molar-refractivity contribution in [3.05, 3.63) is 29.3 Å². The van der Waals surface area contributed by atoms with E-state index in [9.17, 15) is 13.2 Å². The van der Waals surface area contributed by atoms with Gasteiger partial charge in [-0.2, -0.15) is 24.9 Å². The van der Waals surface area contributed by atoms with E-state index in [1.807, 2.05) is 11.8 Å². The third-order valence-electron chi connectivity index (χ3n) is 3.76. The second kappa shape index (κ2) is 6.06. The summed E-state index contributed by atoms with van der Waals surface area (Å²) in [5, 5.41) is 0.408. The number of alkyl halides is 4. The minimum Gasteiger partial charge on any atom is -0.367 e. The summed E-state index contributed by atoms with van der Waals surface area (Å²) in [4.78, 5) is 2.05. The minimum absolute atomic E-state index is 0.128. The van der Waals surface area contributed by atoms with Crippen LogP contribution < -0.4 is 4.90 Å². The Morgan fingerprint density at radius 1 is 1.35 bits per heavy atom. The summed E-state index contributed by atoms with van der Waals surface area (Å²) in [5.74, 6) is 0.807. The average molecular weight is 324 g/mol. The zero-order chi connectivity index (χ0) is 14.9. The third-order valence-corrected chi connectivity index (χ3v) is 5.38. The van der Waals surface area contributed by atoms with Crippen LogP contribution in [0.4, 0.5) is 18.9 Å². The van der Waals surface area contributed by atoms with Gasteiger partial charge in [-0.3, -0.25) is 0 Å². The summed E-state index contributed by atoms with van der Waals surface area (Å²) in [6.07, 6.45) is -4.36. The van der Waals surface area contributed by atoms with E-state index < -0.39 is 11.7 Å². The maximum absolute atomic E-state index is 13.1. The van der Waals surface area contributed by atoms with Crippen LogP contribution in [0.2, 0.25) is 0 Å². The first-order valence-electron chi connectivity index (χ1n) is 6.49. The smallest absolute Gasteiger partial charge is 0.367 e. The fourth-order valence-corrected chi connectivity index (χ4v) is 3.75. The molecule has 20 heavy (non-hydrogen) atoms.